The van der Waals surface area contributed by atoms with Crippen LogP contribution in [0.1, 0.15) is 19.5 Å². The standard InChI is InChI=1S/C11H16N4O/c1-8(2)10(7-16-3)15-11-6-13-9(4-12)5-14-11/h5-6,8,10H,7H2,1-3H3,(H,14,15). The summed E-state index contributed by atoms with van der Waals surface area (Å²) in [5, 5.41) is 11.8. The average Bonchev–Trinajstić information content (AvgIpc) is 2.29. The first-order valence-corrected chi connectivity index (χ1v) is 5.15. The number of nitriles is 1. The van der Waals surface area contributed by atoms with Crippen LogP contribution in [0.25, 0.3) is 0 Å². The molecular weight excluding hydrogens is 204 g/mol. The molecule has 1 unspecified atom stereocenters. The Morgan fingerprint density at radius 1 is 1.44 bits per heavy atom. The minimum absolute atomic E-state index is 0.187. The van der Waals surface area contributed by atoms with E-state index in [2.05, 4.69) is 29.1 Å². The van der Waals surface area contributed by atoms with Crippen molar-refractivity contribution >= 4 is 5.82 Å². The van der Waals surface area contributed by atoms with Crippen LogP contribution >= 0.6 is 0 Å². The average molecular weight is 220 g/mol. The van der Waals surface area contributed by atoms with E-state index in [0.29, 0.717) is 24.0 Å². The molecule has 1 heterocycles. The lowest BCUT2D eigenvalue weighted by atomic mass is 10.1. The fourth-order valence-electron chi connectivity index (χ4n) is 1.23. The van der Waals surface area contributed by atoms with Gasteiger partial charge in [0.25, 0.3) is 0 Å². The lowest BCUT2D eigenvalue weighted by Crippen LogP contribution is -2.30. The molecule has 0 aliphatic rings. The second kappa shape index (κ2) is 6.03. The van der Waals surface area contributed by atoms with Crippen LogP contribution in [-0.2, 0) is 4.74 Å². The first kappa shape index (κ1) is 12.4. The molecule has 86 valence electrons. The van der Waals surface area contributed by atoms with Crippen molar-refractivity contribution in [3.05, 3.63) is 18.1 Å². The molecule has 0 saturated carbocycles. The number of nitrogens with zero attached hydrogens (tertiary/aromatic N) is 3. The van der Waals surface area contributed by atoms with Gasteiger partial charge in [-0.15, -0.1) is 0 Å². The summed E-state index contributed by atoms with van der Waals surface area (Å²) >= 11 is 0. The summed E-state index contributed by atoms with van der Waals surface area (Å²) in [6.45, 7) is 4.82. The third-order valence-electron chi connectivity index (χ3n) is 2.25. The molecule has 0 spiro atoms. The van der Waals surface area contributed by atoms with Crippen LogP contribution in [0.3, 0.4) is 0 Å². The largest absolute Gasteiger partial charge is 0.383 e. The van der Waals surface area contributed by atoms with E-state index in [1.165, 1.54) is 6.20 Å². The van der Waals surface area contributed by atoms with E-state index in [0.717, 1.165) is 0 Å². The van der Waals surface area contributed by atoms with Gasteiger partial charge in [0.2, 0.25) is 0 Å². The molecule has 1 rings (SSSR count). The van der Waals surface area contributed by atoms with Gasteiger partial charge in [0.1, 0.15) is 11.9 Å². The van der Waals surface area contributed by atoms with E-state index < -0.39 is 0 Å². The van der Waals surface area contributed by atoms with Gasteiger partial charge in [-0.3, -0.25) is 0 Å². The number of rotatable bonds is 5. The summed E-state index contributed by atoms with van der Waals surface area (Å²) in [6, 6.07) is 2.12. The quantitative estimate of drug-likeness (QED) is 0.812. The number of anilines is 1. The number of aromatic nitrogens is 2. The summed E-state index contributed by atoms with van der Waals surface area (Å²) in [7, 11) is 1.67. The van der Waals surface area contributed by atoms with Crippen molar-refractivity contribution in [3.8, 4) is 6.07 Å². The van der Waals surface area contributed by atoms with E-state index in [1.54, 1.807) is 13.3 Å². The Morgan fingerprint density at radius 3 is 2.62 bits per heavy atom. The van der Waals surface area contributed by atoms with Gasteiger partial charge >= 0.3 is 0 Å². The van der Waals surface area contributed by atoms with E-state index in [-0.39, 0.29) is 6.04 Å². The van der Waals surface area contributed by atoms with E-state index >= 15 is 0 Å². The smallest absolute Gasteiger partial charge is 0.158 e. The van der Waals surface area contributed by atoms with Crippen molar-refractivity contribution < 1.29 is 4.74 Å². The van der Waals surface area contributed by atoms with Crippen molar-refractivity contribution in [2.45, 2.75) is 19.9 Å². The number of nitrogens with one attached hydrogen (secondary N) is 1. The van der Waals surface area contributed by atoms with Gasteiger partial charge in [-0.05, 0) is 5.92 Å². The zero-order chi connectivity index (χ0) is 12.0. The highest BCUT2D eigenvalue weighted by atomic mass is 16.5. The monoisotopic (exact) mass is 220 g/mol. The van der Waals surface area contributed by atoms with Crippen molar-refractivity contribution in [1.82, 2.24) is 9.97 Å². The molecule has 0 aliphatic carbocycles. The molecule has 0 saturated heterocycles. The molecule has 0 fully saturated rings. The van der Waals surface area contributed by atoms with Gasteiger partial charge in [-0.1, -0.05) is 13.8 Å². The summed E-state index contributed by atoms with van der Waals surface area (Å²) in [4.78, 5) is 8.05. The molecule has 0 aliphatic heterocycles. The zero-order valence-corrected chi connectivity index (χ0v) is 9.77. The number of hydrogen-bond acceptors (Lipinski definition) is 5. The highest BCUT2D eigenvalue weighted by Gasteiger charge is 2.13. The normalized spacial score (nSPS) is 12.2. The molecule has 0 bridgehead atoms. The molecule has 5 heteroatoms. The fourth-order valence-corrected chi connectivity index (χ4v) is 1.23. The molecule has 1 aromatic rings. The third kappa shape index (κ3) is 3.48. The molecule has 1 aromatic heterocycles. The maximum Gasteiger partial charge on any atom is 0.158 e. The number of methoxy groups -OCH3 is 1. The molecule has 1 atom stereocenters. The minimum atomic E-state index is 0.187. The van der Waals surface area contributed by atoms with Gasteiger partial charge in [0, 0.05) is 7.11 Å². The zero-order valence-electron chi connectivity index (χ0n) is 9.77. The second-order valence-electron chi connectivity index (χ2n) is 3.85. The molecule has 1 N–H and O–H groups in total. The molecular formula is C11H16N4O. The second-order valence-corrected chi connectivity index (χ2v) is 3.85. The van der Waals surface area contributed by atoms with Gasteiger partial charge in [-0.2, -0.15) is 5.26 Å². The summed E-state index contributed by atoms with van der Waals surface area (Å²) in [5.74, 6) is 1.09. The molecule has 5 nitrogen and oxygen atoms in total. The van der Waals surface area contributed by atoms with Gasteiger partial charge in [-0.25, -0.2) is 9.97 Å². The van der Waals surface area contributed by atoms with Crippen molar-refractivity contribution in [3.63, 3.8) is 0 Å². The minimum Gasteiger partial charge on any atom is -0.383 e. The van der Waals surface area contributed by atoms with Crippen LogP contribution in [0.2, 0.25) is 0 Å². The maximum atomic E-state index is 8.59. The number of hydrogen-bond donors (Lipinski definition) is 1. The Hall–Kier alpha value is -1.67. The molecule has 16 heavy (non-hydrogen) atoms. The Kier molecular flexibility index (Phi) is 4.67. The first-order valence-electron chi connectivity index (χ1n) is 5.15. The lowest BCUT2D eigenvalue weighted by molar-refractivity contribution is 0.171. The Balaban J connectivity index is 2.66. The van der Waals surface area contributed by atoms with Crippen molar-refractivity contribution in [2.75, 3.05) is 19.0 Å². The number of ether oxygens (including phenoxy) is 1. The van der Waals surface area contributed by atoms with E-state index in [4.69, 9.17) is 10.00 Å². The summed E-state index contributed by atoms with van der Waals surface area (Å²) < 4.78 is 5.12. The molecule has 0 aromatic carbocycles. The highest BCUT2D eigenvalue weighted by Crippen LogP contribution is 2.09. The van der Waals surface area contributed by atoms with Gasteiger partial charge in [0.15, 0.2) is 5.69 Å². The summed E-state index contributed by atoms with van der Waals surface area (Å²) in [6.07, 6.45) is 3.01. The Labute approximate surface area is 95.5 Å². The van der Waals surface area contributed by atoms with Crippen molar-refractivity contribution in [1.29, 1.82) is 5.26 Å². The van der Waals surface area contributed by atoms with Crippen LogP contribution in [0, 0.1) is 17.2 Å². The predicted octanol–water partition coefficient (Wildman–Crippen LogP) is 1.43. The molecule has 0 radical (unpaired) electrons. The van der Waals surface area contributed by atoms with Crippen LogP contribution in [0.4, 0.5) is 5.82 Å². The first-order chi connectivity index (χ1) is 7.67. The van der Waals surface area contributed by atoms with Crippen LogP contribution in [0.5, 0.6) is 0 Å². The topological polar surface area (TPSA) is 70.8 Å². The van der Waals surface area contributed by atoms with E-state index in [1.807, 2.05) is 6.07 Å². The van der Waals surface area contributed by atoms with E-state index in [9.17, 15) is 0 Å². The third-order valence-corrected chi connectivity index (χ3v) is 2.25. The predicted molar refractivity (Wildman–Crippen MR) is 60.9 cm³/mol. The summed E-state index contributed by atoms with van der Waals surface area (Å²) in [5.41, 5.74) is 0.318. The van der Waals surface area contributed by atoms with Crippen LogP contribution in [-0.4, -0.2) is 29.7 Å². The fraction of sp³-hybridized carbons (Fsp3) is 0.545. The van der Waals surface area contributed by atoms with Crippen molar-refractivity contribution in [2.24, 2.45) is 5.92 Å². The van der Waals surface area contributed by atoms with Crippen LogP contribution < -0.4 is 5.32 Å². The maximum absolute atomic E-state index is 8.59. The Bertz CT molecular complexity index is 355. The Morgan fingerprint density at radius 2 is 2.19 bits per heavy atom. The lowest BCUT2D eigenvalue weighted by Gasteiger charge is -2.21. The molecule has 0 amide bonds. The van der Waals surface area contributed by atoms with Gasteiger partial charge < -0.3 is 10.1 Å². The van der Waals surface area contributed by atoms with Gasteiger partial charge in [0.05, 0.1) is 25.0 Å². The van der Waals surface area contributed by atoms with Crippen LogP contribution in [0.15, 0.2) is 12.4 Å². The highest BCUT2D eigenvalue weighted by molar-refractivity contribution is 5.34. The SMILES string of the molecule is COCC(Nc1cnc(C#N)cn1)C(C)C.